The number of fused-ring (bicyclic) bond motifs is 1. The highest BCUT2D eigenvalue weighted by atomic mass is 32.2. The fraction of sp³-hybridized carbons (Fsp3) is 0.211. The van der Waals surface area contributed by atoms with Crippen LogP contribution in [-0.4, -0.2) is 14.4 Å². The van der Waals surface area contributed by atoms with Crippen LogP contribution in [0.15, 0.2) is 48.7 Å². The van der Waals surface area contributed by atoms with Crippen molar-refractivity contribution in [1.82, 2.24) is 9.71 Å². The third kappa shape index (κ3) is 3.41. The van der Waals surface area contributed by atoms with Crippen LogP contribution < -0.4 is 10.5 Å². The van der Waals surface area contributed by atoms with E-state index in [9.17, 15) is 8.60 Å². The van der Waals surface area contributed by atoms with E-state index in [0.717, 1.165) is 40.3 Å². The molecule has 4 nitrogen and oxygen atoms in total. The molecule has 128 valence electrons. The second-order valence-corrected chi connectivity index (χ2v) is 7.81. The van der Waals surface area contributed by atoms with E-state index >= 15 is 0 Å². The van der Waals surface area contributed by atoms with E-state index in [1.807, 2.05) is 24.3 Å². The first-order valence-corrected chi connectivity index (χ1v) is 9.40. The summed E-state index contributed by atoms with van der Waals surface area (Å²) in [6, 6.07) is 12.3. The van der Waals surface area contributed by atoms with Crippen LogP contribution in [-0.2, 0) is 17.5 Å². The van der Waals surface area contributed by atoms with Crippen molar-refractivity contribution in [3.05, 3.63) is 60.0 Å². The molecule has 0 amide bonds. The zero-order chi connectivity index (χ0) is 17.4. The van der Waals surface area contributed by atoms with Crippen molar-refractivity contribution in [1.29, 1.82) is 0 Å². The molecule has 0 bridgehead atoms. The van der Waals surface area contributed by atoms with E-state index in [2.05, 4.69) is 9.71 Å². The van der Waals surface area contributed by atoms with Gasteiger partial charge in [0.2, 0.25) is 0 Å². The van der Waals surface area contributed by atoms with E-state index in [1.54, 1.807) is 12.3 Å². The number of nitrogens with zero attached hydrogens (tertiary/aromatic N) is 1. The van der Waals surface area contributed by atoms with Crippen molar-refractivity contribution >= 4 is 27.6 Å². The monoisotopic (exact) mass is 355 g/mol. The summed E-state index contributed by atoms with van der Waals surface area (Å²) >= 11 is 0. The normalized spacial score (nSPS) is 15.4. The van der Waals surface area contributed by atoms with E-state index in [-0.39, 0.29) is 11.1 Å². The first-order valence-electron chi connectivity index (χ1n) is 8.19. The van der Waals surface area contributed by atoms with E-state index in [0.29, 0.717) is 12.4 Å². The molecular weight excluding hydrogens is 337 g/mol. The van der Waals surface area contributed by atoms with Crippen LogP contribution in [0.5, 0.6) is 0 Å². The Balaban J connectivity index is 1.69. The van der Waals surface area contributed by atoms with Crippen LogP contribution in [0.25, 0.3) is 21.9 Å². The lowest BCUT2D eigenvalue weighted by molar-refractivity contribution is 0.628. The largest absolute Gasteiger partial charge is 0.383 e. The number of hydrogen-bond acceptors (Lipinski definition) is 3. The first kappa shape index (κ1) is 16.2. The van der Waals surface area contributed by atoms with Gasteiger partial charge in [-0.1, -0.05) is 24.3 Å². The van der Waals surface area contributed by atoms with Gasteiger partial charge in [0.05, 0.1) is 11.0 Å². The van der Waals surface area contributed by atoms with Gasteiger partial charge in [0.1, 0.15) is 11.6 Å². The summed E-state index contributed by atoms with van der Waals surface area (Å²) in [5.74, 6) is 0.157. The number of pyridine rings is 1. The fourth-order valence-corrected chi connectivity index (χ4v) is 3.96. The maximum atomic E-state index is 13.5. The molecule has 1 aromatic heterocycles. The van der Waals surface area contributed by atoms with Gasteiger partial charge in [-0.25, -0.2) is 18.3 Å². The zero-order valence-electron chi connectivity index (χ0n) is 13.5. The van der Waals surface area contributed by atoms with Crippen LogP contribution >= 0.6 is 0 Å². The standard InChI is InChI=1S/C19H18FN3OS/c20-15-3-1-2-12(8-15)13-4-7-17-14(10-22-19(21)18(17)9-13)11-23-25(24)16-5-6-16/h1-4,7-10,16,23H,5-6,11H2,(H2,21,22). The number of hydrogen-bond donors (Lipinski definition) is 2. The van der Waals surface area contributed by atoms with Gasteiger partial charge >= 0.3 is 0 Å². The fourth-order valence-electron chi connectivity index (χ4n) is 2.86. The Bertz CT molecular complexity index is 972. The Morgan fingerprint density at radius 1 is 1.16 bits per heavy atom. The molecule has 1 heterocycles. The Labute approximate surface area is 147 Å². The quantitative estimate of drug-likeness (QED) is 0.736. The van der Waals surface area contributed by atoms with Crippen LogP contribution in [0.3, 0.4) is 0 Å². The van der Waals surface area contributed by atoms with Gasteiger partial charge in [-0.3, -0.25) is 0 Å². The van der Waals surface area contributed by atoms with Gasteiger partial charge in [-0.05, 0) is 53.1 Å². The van der Waals surface area contributed by atoms with Gasteiger partial charge in [0, 0.05) is 23.4 Å². The molecule has 6 heteroatoms. The average molecular weight is 355 g/mol. The summed E-state index contributed by atoms with van der Waals surface area (Å²) in [7, 11) is -0.997. The van der Waals surface area contributed by atoms with Gasteiger partial charge in [0.25, 0.3) is 0 Å². The SMILES string of the molecule is Nc1ncc(CNS(=O)C2CC2)c2ccc(-c3cccc(F)c3)cc12. The number of nitrogen functional groups attached to an aromatic ring is 1. The molecule has 0 radical (unpaired) electrons. The van der Waals surface area contributed by atoms with Crippen LogP contribution in [0.2, 0.25) is 0 Å². The van der Waals surface area contributed by atoms with Gasteiger partial charge in [-0.15, -0.1) is 0 Å². The summed E-state index contributed by atoms with van der Waals surface area (Å²) in [4.78, 5) is 4.26. The molecule has 4 rings (SSSR count). The van der Waals surface area contributed by atoms with Crippen molar-refractivity contribution < 1.29 is 8.60 Å². The number of anilines is 1. The van der Waals surface area contributed by atoms with E-state index in [4.69, 9.17) is 5.73 Å². The van der Waals surface area contributed by atoms with Crippen molar-refractivity contribution in [2.24, 2.45) is 0 Å². The molecule has 1 aliphatic carbocycles. The maximum Gasteiger partial charge on any atom is 0.131 e. The molecule has 0 saturated heterocycles. The molecular formula is C19H18FN3OS. The highest BCUT2D eigenvalue weighted by Crippen LogP contribution is 2.30. The highest BCUT2D eigenvalue weighted by molar-refractivity contribution is 7.83. The summed E-state index contributed by atoms with van der Waals surface area (Å²) < 4.78 is 28.5. The minimum absolute atomic E-state index is 0.274. The molecule has 1 atom stereocenters. The summed E-state index contributed by atoms with van der Waals surface area (Å²) in [5, 5.41) is 2.07. The molecule has 3 N–H and O–H groups in total. The average Bonchev–Trinajstić information content (AvgIpc) is 3.46. The highest BCUT2D eigenvalue weighted by Gasteiger charge is 2.28. The molecule has 1 aliphatic rings. The van der Waals surface area contributed by atoms with E-state index < -0.39 is 11.0 Å². The Kier molecular flexibility index (Phi) is 4.23. The van der Waals surface area contributed by atoms with Crippen LogP contribution in [0.4, 0.5) is 10.2 Å². The van der Waals surface area contributed by atoms with Crippen molar-refractivity contribution in [2.75, 3.05) is 5.73 Å². The third-order valence-corrected chi connectivity index (χ3v) is 5.90. The second-order valence-electron chi connectivity index (χ2n) is 6.26. The van der Waals surface area contributed by atoms with Gasteiger partial charge in [-0.2, -0.15) is 0 Å². The third-order valence-electron chi connectivity index (χ3n) is 4.39. The van der Waals surface area contributed by atoms with Crippen molar-refractivity contribution in [3.8, 4) is 11.1 Å². The minimum Gasteiger partial charge on any atom is -0.383 e. The van der Waals surface area contributed by atoms with Crippen molar-refractivity contribution in [3.63, 3.8) is 0 Å². The van der Waals surface area contributed by atoms with Crippen molar-refractivity contribution in [2.45, 2.75) is 24.6 Å². The van der Waals surface area contributed by atoms with Crippen LogP contribution in [0, 0.1) is 5.82 Å². The summed E-state index contributed by atoms with van der Waals surface area (Å²) in [6.45, 7) is 0.478. The Hall–Kier alpha value is -2.31. The number of halogens is 1. The van der Waals surface area contributed by atoms with Crippen LogP contribution in [0.1, 0.15) is 18.4 Å². The van der Waals surface area contributed by atoms with E-state index in [1.165, 1.54) is 12.1 Å². The molecule has 0 spiro atoms. The number of nitrogens with two attached hydrogens (primary N) is 1. The topological polar surface area (TPSA) is 68.0 Å². The molecule has 2 aromatic carbocycles. The van der Waals surface area contributed by atoms with Gasteiger partial charge in [0.15, 0.2) is 0 Å². The molecule has 25 heavy (non-hydrogen) atoms. The summed E-state index contributed by atoms with van der Waals surface area (Å²) in [5.41, 5.74) is 8.67. The second kappa shape index (κ2) is 6.54. The lowest BCUT2D eigenvalue weighted by Gasteiger charge is -2.11. The minimum atomic E-state index is -0.997. The maximum absolute atomic E-state index is 13.5. The van der Waals surface area contributed by atoms with Gasteiger partial charge < -0.3 is 5.73 Å². The molecule has 1 saturated carbocycles. The number of nitrogens with one attached hydrogen (secondary N) is 1. The smallest absolute Gasteiger partial charge is 0.131 e. The predicted octanol–water partition coefficient (Wildman–Crippen LogP) is 3.54. The predicted molar refractivity (Wildman–Crippen MR) is 99.6 cm³/mol. The molecule has 0 aliphatic heterocycles. The first-order chi connectivity index (χ1) is 12.1. The lowest BCUT2D eigenvalue weighted by Crippen LogP contribution is -2.20. The lowest BCUT2D eigenvalue weighted by atomic mass is 9.99. The Morgan fingerprint density at radius 3 is 2.72 bits per heavy atom. The number of benzene rings is 2. The number of rotatable bonds is 5. The zero-order valence-corrected chi connectivity index (χ0v) is 14.4. The molecule has 1 fully saturated rings. The molecule has 1 unspecified atom stereocenters. The summed E-state index contributed by atoms with van der Waals surface area (Å²) in [6.07, 6.45) is 3.77. The Morgan fingerprint density at radius 2 is 1.96 bits per heavy atom. The number of aromatic nitrogens is 1. The molecule has 3 aromatic rings.